The van der Waals surface area contributed by atoms with Crippen LogP contribution in [0.2, 0.25) is 0 Å². The van der Waals surface area contributed by atoms with Crippen molar-refractivity contribution in [1.82, 2.24) is 9.21 Å². The lowest BCUT2D eigenvalue weighted by Crippen LogP contribution is -2.37. The van der Waals surface area contributed by atoms with Gasteiger partial charge >= 0.3 is 0 Å². The summed E-state index contributed by atoms with van der Waals surface area (Å²) in [5, 5.41) is -0.136. The van der Waals surface area contributed by atoms with Gasteiger partial charge in [-0.25, -0.2) is 12.7 Å². The average molecular weight is 300 g/mol. The van der Waals surface area contributed by atoms with Gasteiger partial charge in [0.15, 0.2) is 0 Å². The van der Waals surface area contributed by atoms with Crippen LogP contribution in [-0.4, -0.2) is 55.0 Å². The van der Waals surface area contributed by atoms with Gasteiger partial charge in [-0.05, 0) is 45.4 Å². The van der Waals surface area contributed by atoms with E-state index in [0.29, 0.717) is 19.5 Å². The Morgan fingerprint density at radius 1 is 1.15 bits per heavy atom. The van der Waals surface area contributed by atoms with E-state index >= 15 is 0 Å². The molecule has 0 aromatic rings. The summed E-state index contributed by atoms with van der Waals surface area (Å²) in [7, 11) is -3.09. The quantitative estimate of drug-likeness (QED) is 0.787. The van der Waals surface area contributed by atoms with Crippen LogP contribution in [0.5, 0.6) is 0 Å². The smallest absolute Gasteiger partial charge is 0.228 e. The highest BCUT2D eigenvalue weighted by Crippen LogP contribution is 2.42. The lowest BCUT2D eigenvalue weighted by atomic mass is 9.79. The van der Waals surface area contributed by atoms with Gasteiger partial charge in [0, 0.05) is 26.2 Å². The highest BCUT2D eigenvalue weighted by molar-refractivity contribution is 7.90. The number of nitrogens with zero attached hydrogens (tertiary/aromatic N) is 2. The molecule has 1 atom stereocenters. The molecule has 6 heteroatoms. The van der Waals surface area contributed by atoms with E-state index in [2.05, 4.69) is 0 Å². The lowest BCUT2D eigenvalue weighted by molar-refractivity contribution is -0.136. The maximum absolute atomic E-state index is 12.5. The molecule has 0 unspecified atom stereocenters. The fourth-order valence-corrected chi connectivity index (χ4v) is 5.54. The van der Waals surface area contributed by atoms with E-state index in [1.807, 2.05) is 11.8 Å². The minimum absolute atomic E-state index is 0.136. The highest BCUT2D eigenvalue weighted by Gasteiger charge is 2.48. The number of rotatable bonds is 3. The van der Waals surface area contributed by atoms with E-state index in [9.17, 15) is 13.2 Å². The Labute approximate surface area is 121 Å². The number of hydrogen-bond donors (Lipinski definition) is 0. The summed E-state index contributed by atoms with van der Waals surface area (Å²) < 4.78 is 26.3. The molecule has 2 saturated heterocycles. The number of amides is 1. The Hall–Kier alpha value is -0.620. The molecule has 20 heavy (non-hydrogen) atoms. The van der Waals surface area contributed by atoms with Crippen molar-refractivity contribution < 1.29 is 13.2 Å². The van der Waals surface area contributed by atoms with Crippen LogP contribution in [0.25, 0.3) is 0 Å². The van der Waals surface area contributed by atoms with E-state index in [-0.39, 0.29) is 16.6 Å². The molecule has 3 fully saturated rings. The van der Waals surface area contributed by atoms with Gasteiger partial charge in [-0.2, -0.15) is 0 Å². The summed E-state index contributed by atoms with van der Waals surface area (Å²) >= 11 is 0. The Morgan fingerprint density at radius 3 is 2.45 bits per heavy atom. The summed E-state index contributed by atoms with van der Waals surface area (Å²) in [5.41, 5.74) is -0.274. The van der Waals surface area contributed by atoms with E-state index < -0.39 is 10.0 Å². The Kier molecular flexibility index (Phi) is 3.57. The molecule has 1 spiro atoms. The minimum Gasteiger partial charge on any atom is -0.342 e. The minimum atomic E-state index is -3.09. The third-order valence-electron chi connectivity index (χ3n) is 5.19. The lowest BCUT2D eigenvalue weighted by Gasteiger charge is -2.26. The number of hydrogen-bond acceptors (Lipinski definition) is 3. The predicted molar refractivity (Wildman–Crippen MR) is 76.7 cm³/mol. The second-order valence-corrected chi connectivity index (χ2v) is 8.63. The molecule has 2 heterocycles. The standard InChI is InChI=1S/C14H24N2O3S/c1-2-15-10-7-14(13(15)17)6-3-9-16(11-8-14)20(18,19)12-4-5-12/h12H,2-11H2,1H3/t14-/m1/s1. The number of carbonyl (C=O) groups is 1. The van der Waals surface area contributed by atoms with Crippen molar-refractivity contribution >= 4 is 15.9 Å². The van der Waals surface area contributed by atoms with Gasteiger partial charge in [0.1, 0.15) is 0 Å². The van der Waals surface area contributed by atoms with E-state index in [1.165, 1.54) is 0 Å². The van der Waals surface area contributed by atoms with Crippen molar-refractivity contribution in [2.75, 3.05) is 26.2 Å². The Balaban J connectivity index is 1.73. The molecule has 0 aromatic carbocycles. The molecule has 0 aromatic heterocycles. The number of sulfonamides is 1. The van der Waals surface area contributed by atoms with Gasteiger partial charge in [0.2, 0.25) is 15.9 Å². The summed E-state index contributed by atoms with van der Waals surface area (Å²) in [4.78, 5) is 14.4. The molecule has 1 saturated carbocycles. The first kappa shape index (κ1) is 14.3. The normalized spacial score (nSPS) is 32.9. The van der Waals surface area contributed by atoms with Gasteiger partial charge in [0.25, 0.3) is 0 Å². The van der Waals surface area contributed by atoms with Gasteiger partial charge in [-0.15, -0.1) is 0 Å². The van der Waals surface area contributed by atoms with Crippen molar-refractivity contribution in [2.24, 2.45) is 5.41 Å². The van der Waals surface area contributed by atoms with E-state index in [1.54, 1.807) is 4.31 Å². The third kappa shape index (κ3) is 2.26. The van der Waals surface area contributed by atoms with Crippen molar-refractivity contribution in [3.05, 3.63) is 0 Å². The SMILES string of the molecule is CCN1CC[C@@]2(CCCN(S(=O)(=O)C3CC3)CC2)C1=O. The molecule has 1 aliphatic carbocycles. The Morgan fingerprint density at radius 2 is 1.85 bits per heavy atom. The van der Waals surface area contributed by atoms with Crippen LogP contribution in [0.1, 0.15) is 45.4 Å². The number of carbonyl (C=O) groups excluding carboxylic acids is 1. The average Bonchev–Trinajstić information content (AvgIpc) is 3.23. The fraction of sp³-hybridized carbons (Fsp3) is 0.929. The molecule has 114 valence electrons. The molecule has 0 N–H and O–H groups in total. The molecule has 3 rings (SSSR count). The van der Waals surface area contributed by atoms with Crippen molar-refractivity contribution in [3.8, 4) is 0 Å². The van der Waals surface area contributed by atoms with Crippen LogP contribution >= 0.6 is 0 Å². The van der Waals surface area contributed by atoms with Gasteiger partial charge < -0.3 is 4.90 Å². The van der Waals surface area contributed by atoms with Gasteiger partial charge in [0.05, 0.1) is 10.7 Å². The third-order valence-corrected chi connectivity index (χ3v) is 7.59. The van der Waals surface area contributed by atoms with Gasteiger partial charge in [-0.3, -0.25) is 4.79 Å². The first-order valence-corrected chi connectivity index (χ1v) is 9.28. The molecule has 0 bridgehead atoms. The van der Waals surface area contributed by atoms with Crippen molar-refractivity contribution in [1.29, 1.82) is 0 Å². The van der Waals surface area contributed by atoms with Crippen LogP contribution in [0.15, 0.2) is 0 Å². The number of likely N-dealkylation sites (tertiary alicyclic amines) is 1. The molecule has 2 aliphatic heterocycles. The van der Waals surface area contributed by atoms with Crippen LogP contribution in [0.3, 0.4) is 0 Å². The van der Waals surface area contributed by atoms with Crippen molar-refractivity contribution in [3.63, 3.8) is 0 Å². The Bertz CT molecular complexity index is 501. The van der Waals surface area contributed by atoms with Crippen LogP contribution in [0.4, 0.5) is 0 Å². The van der Waals surface area contributed by atoms with E-state index in [4.69, 9.17) is 0 Å². The molecule has 1 amide bonds. The predicted octanol–water partition coefficient (Wildman–Crippen LogP) is 1.20. The highest BCUT2D eigenvalue weighted by atomic mass is 32.2. The second kappa shape index (κ2) is 4.98. The molecule has 3 aliphatic rings. The molecule has 5 nitrogen and oxygen atoms in total. The monoisotopic (exact) mass is 300 g/mol. The zero-order valence-corrected chi connectivity index (χ0v) is 13.0. The van der Waals surface area contributed by atoms with Crippen molar-refractivity contribution in [2.45, 2.75) is 50.7 Å². The molecular formula is C14H24N2O3S. The zero-order chi connectivity index (χ0) is 14.4. The topological polar surface area (TPSA) is 57.7 Å². The summed E-state index contributed by atoms with van der Waals surface area (Å²) in [6, 6.07) is 0. The zero-order valence-electron chi connectivity index (χ0n) is 12.2. The molecule has 0 radical (unpaired) electrons. The summed E-state index contributed by atoms with van der Waals surface area (Å²) in [6.45, 7) is 4.75. The van der Waals surface area contributed by atoms with E-state index in [0.717, 1.165) is 45.2 Å². The maximum Gasteiger partial charge on any atom is 0.228 e. The summed E-state index contributed by atoms with van der Waals surface area (Å²) in [5.74, 6) is 0.255. The first-order chi connectivity index (χ1) is 9.49. The summed E-state index contributed by atoms with van der Waals surface area (Å²) in [6.07, 6.45) is 4.89. The maximum atomic E-state index is 12.5. The largest absolute Gasteiger partial charge is 0.342 e. The van der Waals surface area contributed by atoms with Crippen LogP contribution < -0.4 is 0 Å². The second-order valence-electron chi connectivity index (χ2n) is 6.41. The van der Waals surface area contributed by atoms with Crippen LogP contribution in [0, 0.1) is 5.41 Å². The van der Waals surface area contributed by atoms with Gasteiger partial charge in [-0.1, -0.05) is 0 Å². The fourth-order valence-electron chi connectivity index (χ4n) is 3.66. The molecular weight excluding hydrogens is 276 g/mol. The van der Waals surface area contributed by atoms with Crippen LogP contribution in [-0.2, 0) is 14.8 Å². The first-order valence-electron chi connectivity index (χ1n) is 7.78.